The van der Waals surface area contributed by atoms with Crippen LogP contribution >= 0.6 is 0 Å². The number of rotatable bonds is 17. The van der Waals surface area contributed by atoms with Gasteiger partial charge >= 0.3 is 0 Å². The van der Waals surface area contributed by atoms with E-state index in [2.05, 4.69) is 41.2 Å². The van der Waals surface area contributed by atoms with Gasteiger partial charge < -0.3 is 4.74 Å². The number of hydrogen-bond donors (Lipinski definition) is 0. The monoisotopic (exact) mass is 442 g/mol. The van der Waals surface area contributed by atoms with Crippen molar-refractivity contribution < 1.29 is 9.13 Å². The Labute approximate surface area is 195 Å². The summed E-state index contributed by atoms with van der Waals surface area (Å²) in [6.07, 6.45) is 17.1. The molecule has 1 aromatic heterocycles. The van der Waals surface area contributed by atoms with Crippen LogP contribution in [0.25, 0.3) is 11.4 Å². The number of nitrogens with zero attached hydrogens (tertiary/aromatic N) is 2. The van der Waals surface area contributed by atoms with E-state index in [1.807, 2.05) is 13.8 Å². The Balaban J connectivity index is 1.66. The SMILES string of the molecule is CCCCCCCCCCCc1ccc(-c2ncc(OCCC(F)C(C)CC)cn2)cc1. The normalized spacial score (nSPS) is 13.1. The van der Waals surface area contributed by atoms with Crippen LogP contribution in [0, 0.1) is 5.92 Å². The topological polar surface area (TPSA) is 35.0 Å². The molecule has 2 unspecified atom stereocenters. The fraction of sp³-hybridized carbons (Fsp3) is 0.643. The minimum atomic E-state index is -0.825. The first kappa shape index (κ1) is 26.3. The van der Waals surface area contributed by atoms with Crippen LogP contribution in [0.3, 0.4) is 0 Å². The maximum atomic E-state index is 13.9. The number of unbranched alkanes of at least 4 members (excludes halogenated alkanes) is 8. The summed E-state index contributed by atoms with van der Waals surface area (Å²) in [5.41, 5.74) is 2.38. The Morgan fingerprint density at radius 1 is 0.844 bits per heavy atom. The van der Waals surface area contributed by atoms with Gasteiger partial charge in [0.15, 0.2) is 11.6 Å². The molecule has 0 saturated carbocycles. The van der Waals surface area contributed by atoms with E-state index in [0.29, 0.717) is 24.6 Å². The molecule has 2 aromatic rings. The van der Waals surface area contributed by atoms with Crippen molar-refractivity contribution in [2.24, 2.45) is 5.92 Å². The van der Waals surface area contributed by atoms with Crippen LogP contribution in [0.4, 0.5) is 4.39 Å². The highest BCUT2D eigenvalue weighted by molar-refractivity contribution is 5.55. The minimum absolute atomic E-state index is 0.0699. The average Bonchev–Trinajstić information content (AvgIpc) is 2.83. The standard InChI is InChI=1S/C28H43FN2O/c1-4-6-7-8-9-10-11-12-13-14-24-15-17-25(18-16-24)28-30-21-26(22-31-28)32-20-19-27(29)23(3)5-2/h15-18,21-23,27H,4-14,19-20H2,1-3H3. The fourth-order valence-electron chi connectivity index (χ4n) is 3.83. The summed E-state index contributed by atoms with van der Waals surface area (Å²) in [6, 6.07) is 8.56. The Bertz CT molecular complexity index is 717. The molecule has 0 aliphatic heterocycles. The number of ether oxygens (including phenoxy) is 1. The summed E-state index contributed by atoms with van der Waals surface area (Å²) >= 11 is 0. The number of benzene rings is 1. The summed E-state index contributed by atoms with van der Waals surface area (Å²) in [4.78, 5) is 8.84. The minimum Gasteiger partial charge on any atom is -0.490 e. The lowest BCUT2D eigenvalue weighted by Gasteiger charge is -2.14. The number of hydrogen-bond acceptors (Lipinski definition) is 3. The zero-order chi connectivity index (χ0) is 23.0. The van der Waals surface area contributed by atoms with Crippen LogP contribution in [0.15, 0.2) is 36.7 Å². The van der Waals surface area contributed by atoms with E-state index in [0.717, 1.165) is 18.4 Å². The van der Waals surface area contributed by atoms with Crippen molar-refractivity contribution >= 4 is 0 Å². The molecule has 0 aliphatic carbocycles. The molecular formula is C28H43FN2O. The van der Waals surface area contributed by atoms with E-state index in [9.17, 15) is 4.39 Å². The highest BCUT2D eigenvalue weighted by Gasteiger charge is 2.14. The average molecular weight is 443 g/mol. The van der Waals surface area contributed by atoms with Gasteiger partial charge in [0.2, 0.25) is 0 Å². The molecule has 0 fully saturated rings. The zero-order valence-corrected chi connectivity index (χ0v) is 20.5. The number of alkyl halides is 1. The van der Waals surface area contributed by atoms with Gasteiger partial charge in [0, 0.05) is 12.0 Å². The third-order valence-electron chi connectivity index (χ3n) is 6.33. The lowest BCUT2D eigenvalue weighted by atomic mass is 10.0. The quantitative estimate of drug-likeness (QED) is 0.231. The van der Waals surface area contributed by atoms with E-state index in [1.54, 1.807) is 12.4 Å². The maximum Gasteiger partial charge on any atom is 0.159 e. The molecule has 1 heterocycles. The van der Waals surface area contributed by atoms with Gasteiger partial charge in [-0.15, -0.1) is 0 Å². The first-order valence-corrected chi connectivity index (χ1v) is 12.8. The van der Waals surface area contributed by atoms with Crippen molar-refractivity contribution in [1.82, 2.24) is 9.97 Å². The van der Waals surface area contributed by atoms with E-state index in [4.69, 9.17) is 4.74 Å². The van der Waals surface area contributed by atoms with Crippen LogP contribution in [-0.4, -0.2) is 22.7 Å². The van der Waals surface area contributed by atoms with Crippen molar-refractivity contribution in [2.45, 2.75) is 104 Å². The van der Waals surface area contributed by atoms with Crippen molar-refractivity contribution in [3.05, 3.63) is 42.2 Å². The van der Waals surface area contributed by atoms with Crippen LogP contribution in [0.2, 0.25) is 0 Å². The lowest BCUT2D eigenvalue weighted by Crippen LogP contribution is -2.15. The van der Waals surface area contributed by atoms with Gasteiger partial charge in [-0.2, -0.15) is 0 Å². The van der Waals surface area contributed by atoms with Crippen LogP contribution in [0.1, 0.15) is 97.0 Å². The summed E-state index contributed by atoms with van der Waals surface area (Å²) < 4.78 is 19.5. The van der Waals surface area contributed by atoms with Crippen molar-refractivity contribution in [3.63, 3.8) is 0 Å². The third kappa shape index (κ3) is 10.1. The van der Waals surface area contributed by atoms with Crippen molar-refractivity contribution in [3.8, 4) is 17.1 Å². The molecule has 0 aliphatic rings. The van der Waals surface area contributed by atoms with Gasteiger partial charge in [0.05, 0.1) is 19.0 Å². The summed E-state index contributed by atoms with van der Waals surface area (Å²) in [5, 5.41) is 0. The van der Waals surface area contributed by atoms with E-state index in [1.165, 1.54) is 63.4 Å². The molecule has 0 amide bonds. The highest BCUT2D eigenvalue weighted by Crippen LogP contribution is 2.20. The zero-order valence-electron chi connectivity index (χ0n) is 20.5. The lowest BCUT2D eigenvalue weighted by molar-refractivity contribution is 0.181. The van der Waals surface area contributed by atoms with Crippen LogP contribution in [0.5, 0.6) is 5.75 Å². The number of aryl methyl sites for hydroxylation is 1. The summed E-state index contributed by atoms with van der Waals surface area (Å²) in [5.74, 6) is 1.35. The Morgan fingerprint density at radius 3 is 2.03 bits per heavy atom. The van der Waals surface area contributed by atoms with E-state index < -0.39 is 6.17 Å². The molecule has 1 aromatic carbocycles. The molecule has 0 bridgehead atoms. The van der Waals surface area contributed by atoms with Crippen molar-refractivity contribution in [2.75, 3.05) is 6.61 Å². The van der Waals surface area contributed by atoms with Gasteiger partial charge in [-0.3, -0.25) is 0 Å². The number of aromatic nitrogens is 2. The smallest absolute Gasteiger partial charge is 0.159 e. The Morgan fingerprint density at radius 2 is 1.44 bits per heavy atom. The molecule has 0 N–H and O–H groups in total. The molecule has 0 radical (unpaired) electrons. The van der Waals surface area contributed by atoms with Crippen LogP contribution in [-0.2, 0) is 6.42 Å². The highest BCUT2D eigenvalue weighted by atomic mass is 19.1. The van der Waals surface area contributed by atoms with Crippen molar-refractivity contribution in [1.29, 1.82) is 0 Å². The van der Waals surface area contributed by atoms with Gasteiger partial charge in [-0.25, -0.2) is 14.4 Å². The van der Waals surface area contributed by atoms with Gasteiger partial charge in [0.25, 0.3) is 0 Å². The summed E-state index contributed by atoms with van der Waals surface area (Å²) in [7, 11) is 0. The first-order valence-electron chi connectivity index (χ1n) is 12.8. The Kier molecular flexibility index (Phi) is 13.0. The van der Waals surface area contributed by atoms with Crippen LogP contribution < -0.4 is 4.74 Å². The number of halogens is 1. The van der Waals surface area contributed by atoms with Gasteiger partial charge in [-0.05, 0) is 24.3 Å². The molecule has 0 saturated heterocycles. The molecular weight excluding hydrogens is 399 g/mol. The second-order valence-electron chi connectivity index (χ2n) is 9.06. The molecule has 4 heteroatoms. The largest absolute Gasteiger partial charge is 0.490 e. The van der Waals surface area contributed by atoms with E-state index in [-0.39, 0.29) is 5.92 Å². The first-order chi connectivity index (χ1) is 15.6. The predicted molar refractivity (Wildman–Crippen MR) is 133 cm³/mol. The second kappa shape index (κ2) is 15.8. The molecule has 2 rings (SSSR count). The fourth-order valence-corrected chi connectivity index (χ4v) is 3.83. The maximum absolute atomic E-state index is 13.9. The van der Waals surface area contributed by atoms with E-state index >= 15 is 0 Å². The predicted octanol–water partition coefficient (Wildman–Crippen LogP) is 8.37. The third-order valence-corrected chi connectivity index (χ3v) is 6.33. The molecule has 0 spiro atoms. The molecule has 3 nitrogen and oxygen atoms in total. The summed E-state index contributed by atoms with van der Waals surface area (Å²) in [6.45, 7) is 6.56. The van der Waals surface area contributed by atoms with Gasteiger partial charge in [0.1, 0.15) is 6.17 Å². The molecule has 2 atom stereocenters. The Hall–Kier alpha value is -1.97. The molecule has 32 heavy (non-hydrogen) atoms. The van der Waals surface area contributed by atoms with Gasteiger partial charge in [-0.1, -0.05) is 103 Å². The molecule has 178 valence electrons. The second-order valence-corrected chi connectivity index (χ2v) is 9.06.